The Hall–Kier alpha value is -3.19. The Morgan fingerprint density at radius 2 is 1.78 bits per heavy atom. The smallest absolute Gasteiger partial charge is 0.329 e. The first-order valence-corrected chi connectivity index (χ1v) is 8.92. The second kappa shape index (κ2) is 6.85. The van der Waals surface area contributed by atoms with Crippen molar-refractivity contribution < 1.29 is 14.0 Å². The number of para-hydroxylation sites is 1. The molecule has 134 valence electrons. The minimum absolute atomic E-state index is 0.0414. The number of nitrogens with one attached hydrogen (secondary N) is 1. The van der Waals surface area contributed by atoms with Crippen molar-refractivity contribution in [2.45, 2.75) is 6.54 Å². The number of fused-ring (bicyclic) bond motifs is 1. The quantitative estimate of drug-likeness (QED) is 0.513. The zero-order valence-corrected chi connectivity index (χ0v) is 15.5. The number of urea groups is 1. The van der Waals surface area contributed by atoms with Crippen LogP contribution in [-0.4, -0.2) is 16.8 Å². The normalized spacial score (nSPS) is 15.6. The van der Waals surface area contributed by atoms with Gasteiger partial charge in [0.05, 0.1) is 17.5 Å². The van der Waals surface area contributed by atoms with Gasteiger partial charge in [-0.1, -0.05) is 40.2 Å². The molecular weight excluding hydrogens is 412 g/mol. The molecule has 0 radical (unpaired) electrons. The lowest BCUT2D eigenvalue weighted by atomic mass is 10.1. The fourth-order valence-corrected chi connectivity index (χ4v) is 3.10. The third-order valence-corrected chi connectivity index (χ3v) is 4.75. The number of halogens is 1. The number of nitrogens with zero attached hydrogens (tertiary/aromatic N) is 1. The lowest BCUT2D eigenvalue weighted by Gasteiger charge is -2.11. The van der Waals surface area contributed by atoms with Gasteiger partial charge in [-0.2, -0.15) is 0 Å². The first-order valence-electron chi connectivity index (χ1n) is 8.12. The van der Waals surface area contributed by atoms with Crippen LogP contribution in [0.15, 0.2) is 74.2 Å². The molecule has 1 aliphatic rings. The zero-order valence-electron chi connectivity index (χ0n) is 13.9. The van der Waals surface area contributed by atoms with E-state index in [0.29, 0.717) is 11.0 Å². The van der Waals surface area contributed by atoms with Gasteiger partial charge in [-0.15, -0.1) is 0 Å². The zero-order chi connectivity index (χ0) is 19.0. The van der Waals surface area contributed by atoms with Gasteiger partial charge < -0.3 is 9.73 Å². The molecule has 4 rings (SSSR count). The summed E-state index contributed by atoms with van der Waals surface area (Å²) in [6, 6.07) is 13.6. The highest BCUT2D eigenvalue weighted by molar-refractivity contribution is 9.10. The molecule has 1 saturated heterocycles. The maximum absolute atomic E-state index is 12.6. The predicted molar refractivity (Wildman–Crippen MR) is 104 cm³/mol. The van der Waals surface area contributed by atoms with Crippen molar-refractivity contribution >= 4 is 44.9 Å². The Balaban J connectivity index is 1.64. The number of imide groups is 1. The Bertz CT molecular complexity index is 1150. The maximum Gasteiger partial charge on any atom is 0.329 e. The van der Waals surface area contributed by atoms with E-state index in [0.717, 1.165) is 14.9 Å². The number of amides is 3. The van der Waals surface area contributed by atoms with Crippen molar-refractivity contribution in [1.82, 2.24) is 10.2 Å². The Labute approximate surface area is 162 Å². The summed E-state index contributed by atoms with van der Waals surface area (Å²) < 4.78 is 6.35. The Morgan fingerprint density at radius 1 is 1.04 bits per heavy atom. The average molecular weight is 425 g/mol. The molecule has 2 aromatic carbocycles. The lowest BCUT2D eigenvalue weighted by Crippen LogP contribution is -2.30. The first-order chi connectivity index (χ1) is 13.0. The van der Waals surface area contributed by atoms with Crippen molar-refractivity contribution in [1.29, 1.82) is 0 Å². The minimum atomic E-state index is -0.528. The molecular formula is C20H13BrN2O4. The van der Waals surface area contributed by atoms with Crippen LogP contribution in [-0.2, 0) is 11.3 Å². The van der Waals surface area contributed by atoms with Gasteiger partial charge in [0.15, 0.2) is 5.43 Å². The van der Waals surface area contributed by atoms with Crippen LogP contribution in [0.1, 0.15) is 11.1 Å². The van der Waals surface area contributed by atoms with Crippen LogP contribution in [0.5, 0.6) is 0 Å². The van der Waals surface area contributed by atoms with Crippen LogP contribution in [0.3, 0.4) is 0 Å². The Kier molecular flexibility index (Phi) is 4.37. The van der Waals surface area contributed by atoms with E-state index in [1.807, 2.05) is 24.3 Å². The van der Waals surface area contributed by atoms with Crippen molar-refractivity contribution in [3.63, 3.8) is 0 Å². The largest absolute Gasteiger partial charge is 0.463 e. The summed E-state index contributed by atoms with van der Waals surface area (Å²) in [5, 5.41) is 2.93. The van der Waals surface area contributed by atoms with E-state index in [2.05, 4.69) is 21.2 Å². The van der Waals surface area contributed by atoms with Gasteiger partial charge in [-0.25, -0.2) is 4.79 Å². The predicted octanol–water partition coefficient (Wildman–Crippen LogP) is 3.65. The van der Waals surface area contributed by atoms with E-state index >= 15 is 0 Å². The highest BCUT2D eigenvalue weighted by Gasteiger charge is 2.33. The number of hydrogen-bond acceptors (Lipinski definition) is 4. The van der Waals surface area contributed by atoms with Gasteiger partial charge in [0.1, 0.15) is 17.5 Å². The monoisotopic (exact) mass is 424 g/mol. The summed E-state index contributed by atoms with van der Waals surface area (Å²) in [4.78, 5) is 38.5. The fraction of sp³-hybridized carbons (Fsp3) is 0.0500. The highest BCUT2D eigenvalue weighted by atomic mass is 79.9. The summed E-state index contributed by atoms with van der Waals surface area (Å²) in [5.74, 6) is -0.490. The minimum Gasteiger partial charge on any atom is -0.463 e. The van der Waals surface area contributed by atoms with Gasteiger partial charge >= 0.3 is 6.03 Å². The third-order valence-electron chi connectivity index (χ3n) is 4.22. The van der Waals surface area contributed by atoms with E-state index in [4.69, 9.17) is 4.42 Å². The molecule has 0 aliphatic carbocycles. The van der Waals surface area contributed by atoms with Crippen LogP contribution in [0, 0.1) is 0 Å². The van der Waals surface area contributed by atoms with Crippen molar-refractivity contribution in [3.05, 3.63) is 86.3 Å². The van der Waals surface area contributed by atoms with Crippen molar-refractivity contribution in [3.8, 4) is 0 Å². The van der Waals surface area contributed by atoms with E-state index in [1.54, 1.807) is 24.3 Å². The Morgan fingerprint density at radius 3 is 2.56 bits per heavy atom. The molecule has 1 fully saturated rings. The summed E-state index contributed by atoms with van der Waals surface area (Å²) in [6.45, 7) is 0.140. The standard InChI is InChI=1S/C20H13BrN2O4/c21-14-7-5-12(6-8-14)10-23-19(25)16(22-20(23)26)9-13-11-27-17-4-2-1-3-15(17)18(13)24/h1-9,11H,10H2,(H,22,26)/b16-9+. The van der Waals surface area contributed by atoms with Crippen molar-refractivity contribution in [2.75, 3.05) is 0 Å². The molecule has 2 heterocycles. The number of carbonyl (C=O) groups is 2. The second-order valence-corrected chi connectivity index (χ2v) is 6.94. The van der Waals surface area contributed by atoms with E-state index in [9.17, 15) is 14.4 Å². The summed E-state index contributed by atoms with van der Waals surface area (Å²) >= 11 is 3.34. The van der Waals surface area contributed by atoms with E-state index in [-0.39, 0.29) is 23.2 Å². The van der Waals surface area contributed by atoms with Crippen LogP contribution >= 0.6 is 15.9 Å². The topological polar surface area (TPSA) is 79.6 Å². The number of hydrogen-bond donors (Lipinski definition) is 1. The van der Waals surface area contributed by atoms with Crippen LogP contribution in [0.2, 0.25) is 0 Å². The van der Waals surface area contributed by atoms with E-state index in [1.165, 1.54) is 12.3 Å². The molecule has 0 spiro atoms. The van der Waals surface area contributed by atoms with Gasteiger partial charge in [0.2, 0.25) is 0 Å². The molecule has 0 bridgehead atoms. The number of rotatable bonds is 3. The van der Waals surface area contributed by atoms with Crippen molar-refractivity contribution in [2.24, 2.45) is 0 Å². The first kappa shape index (κ1) is 17.2. The SMILES string of the molecule is O=C1N/C(=C/c2coc3ccccc3c2=O)C(=O)N1Cc1ccc(Br)cc1. The molecule has 27 heavy (non-hydrogen) atoms. The van der Waals surface area contributed by atoms with Crippen LogP contribution in [0.25, 0.3) is 17.0 Å². The van der Waals surface area contributed by atoms with E-state index < -0.39 is 11.9 Å². The van der Waals surface area contributed by atoms with Gasteiger partial charge in [0, 0.05) is 4.47 Å². The van der Waals surface area contributed by atoms with Crippen LogP contribution < -0.4 is 10.7 Å². The van der Waals surface area contributed by atoms with Gasteiger partial charge in [0.25, 0.3) is 5.91 Å². The van der Waals surface area contributed by atoms with Crippen LogP contribution in [0.4, 0.5) is 4.79 Å². The lowest BCUT2D eigenvalue weighted by molar-refractivity contribution is -0.123. The molecule has 1 N–H and O–H groups in total. The molecule has 1 aromatic heterocycles. The fourth-order valence-electron chi connectivity index (χ4n) is 2.84. The summed E-state index contributed by atoms with van der Waals surface area (Å²) in [7, 11) is 0. The second-order valence-electron chi connectivity index (χ2n) is 6.02. The van der Waals surface area contributed by atoms with Gasteiger partial charge in [-0.3, -0.25) is 14.5 Å². The average Bonchev–Trinajstić information content (AvgIpc) is 2.93. The number of carbonyl (C=O) groups excluding carboxylic acids is 2. The maximum atomic E-state index is 12.6. The summed E-state index contributed by atoms with van der Waals surface area (Å²) in [6.07, 6.45) is 2.63. The number of benzene rings is 2. The third kappa shape index (κ3) is 3.29. The molecule has 0 unspecified atom stereocenters. The highest BCUT2D eigenvalue weighted by Crippen LogP contribution is 2.19. The molecule has 1 aliphatic heterocycles. The molecule has 7 heteroatoms. The molecule has 0 atom stereocenters. The molecule has 0 saturated carbocycles. The van der Waals surface area contributed by atoms with Gasteiger partial charge in [-0.05, 0) is 35.9 Å². The molecule has 6 nitrogen and oxygen atoms in total. The molecule has 3 aromatic rings. The summed E-state index contributed by atoms with van der Waals surface area (Å²) in [5.41, 5.74) is 1.25. The molecule has 3 amide bonds.